The van der Waals surface area contributed by atoms with Crippen molar-refractivity contribution >= 4 is 20.8 Å². The van der Waals surface area contributed by atoms with E-state index in [2.05, 4.69) is 17.2 Å². The number of aromatic nitrogens is 1. The molecule has 1 unspecified atom stereocenters. The number of nitrogens with one attached hydrogen (secondary N) is 1. The minimum atomic E-state index is -3.47. The van der Waals surface area contributed by atoms with Crippen LogP contribution in [0.15, 0.2) is 41.6 Å². The highest BCUT2D eigenvalue weighted by Gasteiger charge is 2.27. The molecular formula is C15H19N3O2S. The first-order valence-corrected chi connectivity index (χ1v) is 8.59. The van der Waals surface area contributed by atoms with Gasteiger partial charge in [0.15, 0.2) is 0 Å². The van der Waals surface area contributed by atoms with Crippen molar-refractivity contribution in [1.29, 1.82) is 0 Å². The maximum absolute atomic E-state index is 12.9. The molecule has 1 aromatic carbocycles. The van der Waals surface area contributed by atoms with E-state index >= 15 is 0 Å². The van der Waals surface area contributed by atoms with E-state index in [1.807, 2.05) is 6.07 Å². The Labute approximate surface area is 125 Å². The van der Waals surface area contributed by atoms with Gasteiger partial charge in [-0.3, -0.25) is 4.98 Å². The minimum absolute atomic E-state index is 0.349. The average molecular weight is 305 g/mol. The standard InChI is InChI=1S/C15H19N3O2S/c1-12-6-9-18(10-8-17-12)21(19,20)15-4-2-3-13-11-16-7-5-14(13)15/h2-5,7,11-12,17H,6,8-10H2,1H3. The molecule has 0 bridgehead atoms. The molecule has 5 nitrogen and oxygen atoms in total. The van der Waals surface area contributed by atoms with Crippen LogP contribution in [0.4, 0.5) is 0 Å². The number of benzene rings is 1. The van der Waals surface area contributed by atoms with Gasteiger partial charge in [-0.2, -0.15) is 4.31 Å². The summed E-state index contributed by atoms with van der Waals surface area (Å²) in [6.45, 7) is 3.83. The number of sulfonamides is 1. The molecule has 6 heteroatoms. The van der Waals surface area contributed by atoms with Crippen LogP contribution in [0.1, 0.15) is 13.3 Å². The van der Waals surface area contributed by atoms with Crippen molar-refractivity contribution in [2.24, 2.45) is 0 Å². The van der Waals surface area contributed by atoms with Gasteiger partial charge < -0.3 is 5.32 Å². The largest absolute Gasteiger partial charge is 0.313 e. The number of fused-ring (bicyclic) bond motifs is 1. The van der Waals surface area contributed by atoms with Crippen LogP contribution in [0.3, 0.4) is 0 Å². The lowest BCUT2D eigenvalue weighted by Gasteiger charge is -2.20. The third kappa shape index (κ3) is 2.79. The van der Waals surface area contributed by atoms with Gasteiger partial charge in [-0.05, 0) is 25.5 Å². The van der Waals surface area contributed by atoms with Gasteiger partial charge in [-0.1, -0.05) is 12.1 Å². The van der Waals surface area contributed by atoms with Crippen LogP contribution in [0.2, 0.25) is 0 Å². The zero-order valence-corrected chi connectivity index (χ0v) is 12.8. The topological polar surface area (TPSA) is 62.3 Å². The van der Waals surface area contributed by atoms with Crippen LogP contribution in [0.25, 0.3) is 10.8 Å². The molecule has 0 aliphatic carbocycles. The van der Waals surface area contributed by atoms with Gasteiger partial charge in [0.25, 0.3) is 0 Å². The Morgan fingerprint density at radius 2 is 2.14 bits per heavy atom. The van der Waals surface area contributed by atoms with Crippen LogP contribution in [-0.4, -0.2) is 43.4 Å². The molecule has 1 N–H and O–H groups in total. The Balaban J connectivity index is 2.04. The lowest BCUT2D eigenvalue weighted by molar-refractivity contribution is 0.429. The van der Waals surface area contributed by atoms with E-state index in [0.29, 0.717) is 30.6 Å². The van der Waals surface area contributed by atoms with Gasteiger partial charge in [0.1, 0.15) is 0 Å². The van der Waals surface area contributed by atoms with Gasteiger partial charge >= 0.3 is 0 Å². The summed E-state index contributed by atoms with van der Waals surface area (Å²) in [5.41, 5.74) is 0. The second-order valence-corrected chi connectivity index (χ2v) is 7.31. The van der Waals surface area contributed by atoms with Crippen molar-refractivity contribution in [2.45, 2.75) is 24.3 Å². The summed E-state index contributed by atoms with van der Waals surface area (Å²) in [6.07, 6.45) is 4.15. The highest BCUT2D eigenvalue weighted by molar-refractivity contribution is 7.89. The third-order valence-corrected chi connectivity index (χ3v) is 5.88. The predicted octanol–water partition coefficient (Wildman–Crippen LogP) is 1.61. The molecule has 21 heavy (non-hydrogen) atoms. The van der Waals surface area contributed by atoms with E-state index in [4.69, 9.17) is 0 Å². The molecule has 1 aliphatic rings. The van der Waals surface area contributed by atoms with Gasteiger partial charge in [0, 0.05) is 48.8 Å². The highest BCUT2D eigenvalue weighted by Crippen LogP contribution is 2.25. The van der Waals surface area contributed by atoms with E-state index in [0.717, 1.165) is 17.2 Å². The molecule has 2 aromatic rings. The maximum atomic E-state index is 12.9. The van der Waals surface area contributed by atoms with Crippen LogP contribution in [0.5, 0.6) is 0 Å². The van der Waals surface area contributed by atoms with Crippen LogP contribution in [0, 0.1) is 0 Å². The molecule has 0 saturated carbocycles. The van der Waals surface area contributed by atoms with Gasteiger partial charge in [-0.25, -0.2) is 8.42 Å². The lowest BCUT2D eigenvalue weighted by atomic mass is 10.2. The Kier molecular flexibility index (Phi) is 3.93. The first-order valence-electron chi connectivity index (χ1n) is 7.15. The number of nitrogens with zero attached hydrogens (tertiary/aromatic N) is 2. The second kappa shape index (κ2) is 5.71. The molecule has 112 valence electrons. The molecule has 0 amide bonds. The van der Waals surface area contributed by atoms with Crippen LogP contribution in [-0.2, 0) is 10.0 Å². The summed E-state index contributed by atoms with van der Waals surface area (Å²) >= 11 is 0. The summed E-state index contributed by atoms with van der Waals surface area (Å²) in [5.74, 6) is 0. The molecule has 1 aliphatic heterocycles. The molecule has 1 saturated heterocycles. The third-order valence-electron chi connectivity index (χ3n) is 3.92. The monoisotopic (exact) mass is 305 g/mol. The maximum Gasteiger partial charge on any atom is 0.243 e. The summed E-state index contributed by atoms with van der Waals surface area (Å²) in [6, 6.07) is 7.45. The Morgan fingerprint density at radius 3 is 3.00 bits per heavy atom. The number of pyridine rings is 1. The van der Waals surface area contributed by atoms with Gasteiger partial charge in [0.05, 0.1) is 4.90 Å². The quantitative estimate of drug-likeness (QED) is 0.915. The Hall–Kier alpha value is -1.50. The Morgan fingerprint density at radius 1 is 1.29 bits per heavy atom. The SMILES string of the molecule is CC1CCN(S(=O)(=O)c2cccc3cnccc23)CCN1. The van der Waals surface area contributed by atoms with Gasteiger partial charge in [0.2, 0.25) is 10.0 Å². The number of hydrogen-bond acceptors (Lipinski definition) is 4. The minimum Gasteiger partial charge on any atom is -0.313 e. The van der Waals surface area contributed by atoms with E-state index in [1.54, 1.807) is 34.9 Å². The molecule has 1 atom stereocenters. The molecular weight excluding hydrogens is 286 g/mol. The molecule has 1 aromatic heterocycles. The van der Waals surface area contributed by atoms with Crippen LogP contribution < -0.4 is 5.32 Å². The molecule has 1 fully saturated rings. The van der Waals surface area contributed by atoms with Crippen molar-refractivity contribution in [3.63, 3.8) is 0 Å². The first-order chi connectivity index (χ1) is 10.1. The summed E-state index contributed by atoms with van der Waals surface area (Å²) in [7, 11) is -3.47. The van der Waals surface area contributed by atoms with E-state index in [1.165, 1.54) is 0 Å². The summed E-state index contributed by atoms with van der Waals surface area (Å²) in [4.78, 5) is 4.43. The summed E-state index contributed by atoms with van der Waals surface area (Å²) in [5, 5.41) is 4.90. The zero-order chi connectivity index (χ0) is 14.9. The van der Waals surface area contributed by atoms with Crippen molar-refractivity contribution in [1.82, 2.24) is 14.6 Å². The highest BCUT2D eigenvalue weighted by atomic mass is 32.2. The average Bonchev–Trinajstić information content (AvgIpc) is 2.72. The van der Waals surface area contributed by atoms with Crippen molar-refractivity contribution < 1.29 is 8.42 Å². The molecule has 2 heterocycles. The Bertz CT molecular complexity index is 740. The van der Waals surface area contributed by atoms with Crippen molar-refractivity contribution in [3.8, 4) is 0 Å². The predicted molar refractivity (Wildman–Crippen MR) is 82.6 cm³/mol. The fourth-order valence-corrected chi connectivity index (χ4v) is 4.35. The number of rotatable bonds is 2. The zero-order valence-electron chi connectivity index (χ0n) is 12.0. The van der Waals surface area contributed by atoms with Crippen LogP contribution >= 0.6 is 0 Å². The fourth-order valence-electron chi connectivity index (χ4n) is 2.68. The smallest absolute Gasteiger partial charge is 0.243 e. The fraction of sp³-hybridized carbons (Fsp3) is 0.400. The summed E-state index contributed by atoms with van der Waals surface area (Å²) < 4.78 is 27.5. The molecule has 0 radical (unpaired) electrons. The van der Waals surface area contributed by atoms with E-state index < -0.39 is 10.0 Å². The lowest BCUT2D eigenvalue weighted by Crippen LogP contribution is -2.34. The van der Waals surface area contributed by atoms with E-state index in [-0.39, 0.29) is 0 Å². The second-order valence-electron chi connectivity index (χ2n) is 5.40. The van der Waals surface area contributed by atoms with Crippen molar-refractivity contribution in [2.75, 3.05) is 19.6 Å². The first kappa shape index (κ1) is 14.4. The van der Waals surface area contributed by atoms with Gasteiger partial charge in [-0.15, -0.1) is 0 Å². The number of hydrogen-bond donors (Lipinski definition) is 1. The van der Waals surface area contributed by atoms with Crippen molar-refractivity contribution in [3.05, 3.63) is 36.7 Å². The molecule has 3 rings (SSSR count). The molecule has 0 spiro atoms. The normalized spacial score (nSPS) is 21.3. The van der Waals surface area contributed by atoms with E-state index in [9.17, 15) is 8.42 Å².